The van der Waals surface area contributed by atoms with Crippen LogP contribution in [0.1, 0.15) is 55.1 Å². The molecule has 5 rings (SSSR count). The van der Waals surface area contributed by atoms with Crippen LogP contribution in [-0.4, -0.2) is 48.4 Å². The van der Waals surface area contributed by atoms with E-state index in [9.17, 15) is 18.7 Å². The van der Waals surface area contributed by atoms with E-state index in [1.807, 2.05) is 11.0 Å². The zero-order valence-electron chi connectivity index (χ0n) is 18.4. The van der Waals surface area contributed by atoms with Crippen LogP contribution in [0, 0.1) is 5.21 Å². The number of hydrogen-bond donors (Lipinski definition) is 1. The van der Waals surface area contributed by atoms with E-state index in [4.69, 9.17) is 4.74 Å². The molecule has 0 amide bonds. The molecule has 1 spiro atoms. The maximum Gasteiger partial charge on any atom is 0.249 e. The number of ether oxygens (including phenoxy) is 1. The van der Waals surface area contributed by atoms with Crippen LogP contribution in [-0.2, 0) is 39.6 Å². The van der Waals surface area contributed by atoms with E-state index < -0.39 is 21.0 Å². The maximum atomic E-state index is 12.7. The van der Waals surface area contributed by atoms with Gasteiger partial charge in [-0.25, -0.2) is 18.4 Å². The van der Waals surface area contributed by atoms with Gasteiger partial charge in [-0.2, -0.15) is 4.73 Å². The number of fused-ring (bicyclic) bond motifs is 3. The Balaban J connectivity index is 1.63. The van der Waals surface area contributed by atoms with Crippen molar-refractivity contribution in [3.05, 3.63) is 46.1 Å². The van der Waals surface area contributed by atoms with Crippen molar-refractivity contribution in [3.63, 3.8) is 0 Å². The minimum atomic E-state index is -3.66. The normalized spacial score (nSPS) is 27.8. The Morgan fingerprint density at radius 2 is 2.09 bits per heavy atom. The van der Waals surface area contributed by atoms with Crippen LogP contribution in [0.3, 0.4) is 0 Å². The first-order valence-corrected chi connectivity index (χ1v) is 12.9. The van der Waals surface area contributed by atoms with Crippen LogP contribution in [0.2, 0.25) is 0 Å². The highest BCUT2D eigenvalue weighted by atomic mass is 32.2. The molecule has 172 valence electrons. The molecule has 0 bridgehead atoms. The number of aryl methyl sites for hydroxylation is 1. The summed E-state index contributed by atoms with van der Waals surface area (Å²) in [6.07, 6.45) is 6.68. The highest BCUT2D eigenvalue weighted by molar-refractivity contribution is 7.90. The van der Waals surface area contributed by atoms with Crippen molar-refractivity contribution in [2.75, 3.05) is 24.2 Å². The zero-order chi connectivity index (χ0) is 22.7. The lowest BCUT2D eigenvalue weighted by Crippen LogP contribution is -2.50. The van der Waals surface area contributed by atoms with Gasteiger partial charge >= 0.3 is 0 Å². The molecule has 2 aromatic rings. The number of β-amino-alcohol motifs (C(OH)–C–C–N with tert-alkyl or cyclic N) is 1. The summed E-state index contributed by atoms with van der Waals surface area (Å²) in [5, 5.41) is 23.1. The Kier molecular flexibility index (Phi) is 4.95. The molecule has 0 aromatic carbocycles. The number of aliphatic hydroxyl groups is 1. The lowest BCUT2D eigenvalue weighted by molar-refractivity contribution is -0.625. The standard InChI is InChI=1S/C22H28N4O5S/c1-21(27)8-5-10-25(14-21)19-16-13-31-22(12-17(16)23-20(24-19)32(2,29)30)9-3-6-15-7-4-11-26(28)18(15)22/h4,7,11,27H,3,5-6,8-10,12-14H2,1-2H3/t21-,22?/m1/s1. The van der Waals surface area contributed by atoms with Crippen molar-refractivity contribution >= 4 is 15.7 Å². The SMILES string of the molecule is C[C@@]1(O)CCCN(c2nc(S(C)(=O)=O)nc3c2COC2(CCCc4ccc[n+]([O-])c42)C3)C1. The number of piperidine rings is 1. The van der Waals surface area contributed by atoms with E-state index in [1.54, 1.807) is 13.0 Å². The van der Waals surface area contributed by atoms with Gasteiger partial charge in [0.05, 0.1) is 17.9 Å². The Morgan fingerprint density at radius 1 is 1.28 bits per heavy atom. The monoisotopic (exact) mass is 460 g/mol. The van der Waals surface area contributed by atoms with Crippen molar-refractivity contribution in [3.8, 4) is 0 Å². The fourth-order valence-corrected chi connectivity index (χ4v) is 5.90. The molecule has 9 nitrogen and oxygen atoms in total. The topological polar surface area (TPSA) is 120 Å². The second-order valence-electron chi connectivity index (χ2n) is 9.57. The fraction of sp³-hybridized carbons (Fsp3) is 0.591. The van der Waals surface area contributed by atoms with Crippen molar-refractivity contribution in [1.82, 2.24) is 9.97 Å². The van der Waals surface area contributed by atoms with Crippen LogP contribution in [0.4, 0.5) is 5.82 Å². The number of sulfone groups is 1. The van der Waals surface area contributed by atoms with Gasteiger partial charge in [0.1, 0.15) is 5.82 Å². The number of rotatable bonds is 2. The third-order valence-electron chi connectivity index (χ3n) is 6.80. The lowest BCUT2D eigenvalue weighted by atomic mass is 9.77. The molecule has 1 saturated heterocycles. The molecular weight excluding hydrogens is 432 g/mol. The second-order valence-corrected chi connectivity index (χ2v) is 11.5. The number of pyridine rings is 1. The van der Waals surface area contributed by atoms with Crippen LogP contribution < -0.4 is 9.63 Å². The first kappa shape index (κ1) is 21.5. The summed E-state index contributed by atoms with van der Waals surface area (Å²) in [5.41, 5.74) is 1.18. The average Bonchev–Trinajstić information content (AvgIpc) is 2.71. The number of aromatic nitrogens is 3. The zero-order valence-corrected chi connectivity index (χ0v) is 19.2. The summed E-state index contributed by atoms with van der Waals surface area (Å²) in [5.74, 6) is 0.504. The molecule has 4 heterocycles. The lowest BCUT2D eigenvalue weighted by Gasteiger charge is -2.42. The molecule has 2 aliphatic heterocycles. The highest BCUT2D eigenvalue weighted by Crippen LogP contribution is 2.44. The predicted octanol–water partition coefficient (Wildman–Crippen LogP) is 1.17. The largest absolute Gasteiger partial charge is 0.618 e. The third kappa shape index (κ3) is 3.64. The molecule has 1 N–H and O–H groups in total. The van der Waals surface area contributed by atoms with Gasteiger partial charge in [-0.3, -0.25) is 0 Å². The molecule has 3 aliphatic rings. The van der Waals surface area contributed by atoms with Crippen LogP contribution in [0.25, 0.3) is 0 Å². The quantitative estimate of drug-likeness (QED) is 0.403. The molecule has 0 saturated carbocycles. The minimum Gasteiger partial charge on any atom is -0.618 e. The maximum absolute atomic E-state index is 12.7. The molecule has 32 heavy (non-hydrogen) atoms. The van der Waals surface area contributed by atoms with Gasteiger partial charge in [0.2, 0.25) is 20.7 Å². The molecule has 2 aromatic heterocycles. The van der Waals surface area contributed by atoms with Crippen LogP contribution in [0.5, 0.6) is 0 Å². The summed E-state index contributed by atoms with van der Waals surface area (Å²) in [6.45, 7) is 2.98. The summed E-state index contributed by atoms with van der Waals surface area (Å²) in [7, 11) is -3.66. The van der Waals surface area contributed by atoms with Gasteiger partial charge in [0, 0.05) is 43.0 Å². The number of hydrogen-bond acceptors (Lipinski definition) is 8. The van der Waals surface area contributed by atoms with E-state index >= 15 is 0 Å². The van der Waals surface area contributed by atoms with Crippen molar-refractivity contribution in [1.29, 1.82) is 0 Å². The average molecular weight is 461 g/mol. The molecule has 1 unspecified atom stereocenters. The fourth-order valence-electron chi connectivity index (χ4n) is 5.37. The van der Waals surface area contributed by atoms with Gasteiger partial charge in [-0.05, 0) is 45.1 Å². The molecule has 1 aliphatic carbocycles. The van der Waals surface area contributed by atoms with E-state index in [0.717, 1.165) is 41.4 Å². The first-order valence-electron chi connectivity index (χ1n) is 11.0. The summed E-state index contributed by atoms with van der Waals surface area (Å²) >= 11 is 0. The Morgan fingerprint density at radius 3 is 2.84 bits per heavy atom. The Labute approximate surface area is 187 Å². The Hall–Kier alpha value is -2.30. The van der Waals surface area contributed by atoms with Crippen molar-refractivity contribution in [2.24, 2.45) is 0 Å². The third-order valence-corrected chi connectivity index (χ3v) is 7.65. The summed E-state index contributed by atoms with van der Waals surface area (Å²) < 4.78 is 32.1. The summed E-state index contributed by atoms with van der Waals surface area (Å²) in [6, 6.07) is 3.69. The van der Waals surface area contributed by atoms with Crippen molar-refractivity contribution < 1.29 is 23.0 Å². The Bertz CT molecular complexity index is 1180. The van der Waals surface area contributed by atoms with Gasteiger partial charge in [0.15, 0.2) is 11.8 Å². The molecule has 1 fully saturated rings. The van der Waals surface area contributed by atoms with E-state index in [-0.39, 0.29) is 11.8 Å². The van der Waals surface area contributed by atoms with E-state index in [1.165, 1.54) is 6.20 Å². The van der Waals surface area contributed by atoms with Gasteiger partial charge in [-0.15, -0.1) is 0 Å². The first-order chi connectivity index (χ1) is 15.1. The molecule has 2 atom stereocenters. The smallest absolute Gasteiger partial charge is 0.249 e. The molecule has 0 radical (unpaired) electrons. The van der Waals surface area contributed by atoms with Gasteiger partial charge in [-0.1, -0.05) is 0 Å². The van der Waals surface area contributed by atoms with Crippen LogP contribution in [0.15, 0.2) is 23.5 Å². The van der Waals surface area contributed by atoms with Gasteiger partial charge < -0.3 is 20.0 Å². The molecular formula is C22H28N4O5S. The van der Waals surface area contributed by atoms with Gasteiger partial charge in [0.25, 0.3) is 0 Å². The van der Waals surface area contributed by atoms with E-state index in [0.29, 0.717) is 49.6 Å². The number of nitrogens with zero attached hydrogens (tertiary/aromatic N) is 4. The highest BCUT2D eigenvalue weighted by Gasteiger charge is 2.48. The van der Waals surface area contributed by atoms with Crippen molar-refractivity contribution in [2.45, 2.75) is 68.4 Å². The molecule has 10 heteroatoms. The van der Waals surface area contributed by atoms with E-state index in [2.05, 4.69) is 9.97 Å². The van der Waals surface area contributed by atoms with Crippen LogP contribution >= 0.6 is 0 Å². The summed E-state index contributed by atoms with van der Waals surface area (Å²) in [4.78, 5) is 10.8. The number of anilines is 1. The second kappa shape index (κ2) is 7.36. The minimum absolute atomic E-state index is 0.182. The predicted molar refractivity (Wildman–Crippen MR) is 116 cm³/mol.